The van der Waals surface area contributed by atoms with Gasteiger partial charge in [0.2, 0.25) is 0 Å². The van der Waals surface area contributed by atoms with Crippen molar-refractivity contribution in [2.24, 2.45) is 0 Å². The summed E-state index contributed by atoms with van der Waals surface area (Å²) in [7, 11) is 1.51. The zero-order chi connectivity index (χ0) is 24.5. The number of aryl methyl sites for hydroxylation is 2. The molecule has 3 aromatic rings. The monoisotopic (exact) mass is 467 g/mol. The van der Waals surface area contributed by atoms with Crippen LogP contribution in [0.4, 0.5) is 0 Å². The topological polar surface area (TPSA) is 112 Å². The third-order valence-corrected chi connectivity index (χ3v) is 5.13. The molecule has 0 aliphatic heterocycles. The highest BCUT2D eigenvalue weighted by molar-refractivity contribution is 5.99. The van der Waals surface area contributed by atoms with E-state index < -0.39 is 11.8 Å². The number of amides is 2. The van der Waals surface area contributed by atoms with E-state index in [-0.39, 0.29) is 6.61 Å². The highest BCUT2D eigenvalue weighted by Gasteiger charge is 2.14. The Labute approximate surface area is 198 Å². The normalized spacial score (nSPS) is 10.5. The summed E-state index contributed by atoms with van der Waals surface area (Å²) in [4.78, 5) is 25.1. The Morgan fingerprint density at radius 3 is 2.35 bits per heavy atom. The molecule has 0 unspecified atom stereocenters. The molecule has 2 amide bonds. The van der Waals surface area contributed by atoms with Crippen molar-refractivity contribution < 1.29 is 28.3 Å². The molecule has 0 aliphatic rings. The summed E-state index contributed by atoms with van der Waals surface area (Å²) in [5.74, 6) is 1.22. The Morgan fingerprint density at radius 2 is 1.71 bits per heavy atom. The highest BCUT2D eigenvalue weighted by Crippen LogP contribution is 2.28. The predicted molar refractivity (Wildman–Crippen MR) is 125 cm³/mol. The van der Waals surface area contributed by atoms with Crippen LogP contribution in [0.2, 0.25) is 0 Å². The summed E-state index contributed by atoms with van der Waals surface area (Å²) in [6, 6.07) is 11.5. The van der Waals surface area contributed by atoms with Crippen LogP contribution in [-0.4, -0.2) is 30.7 Å². The molecule has 1 heterocycles. The molecule has 2 aromatic carbocycles. The summed E-state index contributed by atoms with van der Waals surface area (Å²) < 4.78 is 21.9. The van der Waals surface area contributed by atoms with Crippen LogP contribution in [0.15, 0.2) is 47.0 Å². The Kier molecular flexibility index (Phi) is 8.50. The van der Waals surface area contributed by atoms with Crippen LogP contribution in [-0.2, 0) is 6.61 Å². The molecule has 3 rings (SSSR count). The predicted octanol–water partition coefficient (Wildman–Crippen LogP) is 4.13. The van der Waals surface area contributed by atoms with Gasteiger partial charge in [-0.15, -0.1) is 0 Å². The summed E-state index contributed by atoms with van der Waals surface area (Å²) in [6.45, 7) is 6.56. The molecule has 1 aromatic heterocycles. The van der Waals surface area contributed by atoms with Gasteiger partial charge in [0.25, 0.3) is 11.8 Å². The molecule has 9 nitrogen and oxygen atoms in total. The van der Waals surface area contributed by atoms with Crippen LogP contribution in [0.1, 0.15) is 57.5 Å². The zero-order valence-corrected chi connectivity index (χ0v) is 19.8. The van der Waals surface area contributed by atoms with Crippen molar-refractivity contribution in [3.05, 3.63) is 70.6 Å². The van der Waals surface area contributed by atoms with Crippen molar-refractivity contribution in [3.63, 3.8) is 0 Å². The number of unbranched alkanes of at least 4 members (excludes halogenated alkanes) is 1. The second-order valence-electron chi connectivity index (χ2n) is 7.60. The van der Waals surface area contributed by atoms with E-state index in [1.807, 2.05) is 13.8 Å². The molecule has 180 valence electrons. The lowest BCUT2D eigenvalue weighted by molar-refractivity contribution is 0.0846. The van der Waals surface area contributed by atoms with E-state index in [0.717, 1.165) is 24.1 Å². The number of aromatic nitrogens is 1. The van der Waals surface area contributed by atoms with Gasteiger partial charge in [-0.2, -0.15) is 0 Å². The van der Waals surface area contributed by atoms with E-state index in [9.17, 15) is 9.59 Å². The summed E-state index contributed by atoms with van der Waals surface area (Å²) in [5, 5.41) is 3.90. The van der Waals surface area contributed by atoms with E-state index in [1.54, 1.807) is 42.5 Å². The number of nitrogens with zero attached hydrogens (tertiary/aromatic N) is 1. The fourth-order valence-corrected chi connectivity index (χ4v) is 3.10. The van der Waals surface area contributed by atoms with Gasteiger partial charge in [-0.3, -0.25) is 20.4 Å². The average Bonchev–Trinajstić information content (AvgIpc) is 3.18. The van der Waals surface area contributed by atoms with Crippen LogP contribution in [0, 0.1) is 13.8 Å². The SMILES string of the molecule is CCCCOc1ccc(C(=O)NNC(=O)c2cccc(OCc3c(C)noc3C)c2)cc1OC. The molecule has 0 saturated carbocycles. The molecule has 0 aliphatic carbocycles. The van der Waals surface area contributed by atoms with E-state index >= 15 is 0 Å². The fourth-order valence-electron chi connectivity index (χ4n) is 3.10. The standard InChI is InChI=1S/C25H29N3O6/c1-5-6-12-32-22-11-10-19(14-23(22)31-4)25(30)27-26-24(29)18-8-7-9-20(13-18)33-15-21-16(2)28-34-17(21)3/h7-11,13-14H,5-6,12,15H2,1-4H3,(H,26,29)(H,27,30). The molecule has 2 N–H and O–H groups in total. The average molecular weight is 468 g/mol. The lowest BCUT2D eigenvalue weighted by atomic mass is 10.2. The van der Waals surface area contributed by atoms with Crippen LogP contribution >= 0.6 is 0 Å². The van der Waals surface area contributed by atoms with Crippen molar-refractivity contribution in [1.82, 2.24) is 16.0 Å². The highest BCUT2D eigenvalue weighted by atomic mass is 16.5. The molecule has 0 fully saturated rings. The van der Waals surface area contributed by atoms with Crippen LogP contribution < -0.4 is 25.1 Å². The van der Waals surface area contributed by atoms with Gasteiger partial charge in [-0.25, -0.2) is 0 Å². The number of benzene rings is 2. The minimum Gasteiger partial charge on any atom is -0.493 e. The van der Waals surface area contributed by atoms with E-state index in [2.05, 4.69) is 22.9 Å². The second kappa shape index (κ2) is 11.7. The first-order chi connectivity index (χ1) is 16.4. The lowest BCUT2D eigenvalue weighted by Gasteiger charge is -2.13. The second-order valence-corrected chi connectivity index (χ2v) is 7.60. The van der Waals surface area contributed by atoms with Gasteiger partial charge in [0, 0.05) is 11.1 Å². The quantitative estimate of drug-likeness (QED) is 0.341. The molecule has 9 heteroatoms. The van der Waals surface area contributed by atoms with Gasteiger partial charge in [-0.05, 0) is 56.7 Å². The molecular weight excluding hydrogens is 438 g/mol. The van der Waals surface area contributed by atoms with E-state index in [1.165, 1.54) is 7.11 Å². The third kappa shape index (κ3) is 6.28. The van der Waals surface area contributed by atoms with Crippen molar-refractivity contribution in [3.8, 4) is 17.2 Å². The molecule has 34 heavy (non-hydrogen) atoms. The first-order valence-electron chi connectivity index (χ1n) is 11.0. The van der Waals surface area contributed by atoms with Crippen molar-refractivity contribution in [2.45, 2.75) is 40.2 Å². The Morgan fingerprint density at radius 1 is 0.971 bits per heavy atom. The van der Waals surface area contributed by atoms with E-state index in [0.29, 0.717) is 40.7 Å². The number of methoxy groups -OCH3 is 1. The fraction of sp³-hybridized carbons (Fsp3) is 0.320. The molecule has 0 atom stereocenters. The first kappa shape index (κ1) is 24.6. The van der Waals surface area contributed by atoms with E-state index in [4.69, 9.17) is 18.7 Å². The van der Waals surface area contributed by atoms with Gasteiger partial charge < -0.3 is 18.7 Å². The van der Waals surface area contributed by atoms with Crippen LogP contribution in [0.25, 0.3) is 0 Å². The van der Waals surface area contributed by atoms with Gasteiger partial charge in [0.1, 0.15) is 18.1 Å². The maximum absolute atomic E-state index is 12.5. The number of carbonyl (C=O) groups excluding carboxylic acids is 2. The molecule has 0 radical (unpaired) electrons. The molecule has 0 saturated heterocycles. The number of nitrogens with one attached hydrogen (secondary N) is 2. The van der Waals surface area contributed by atoms with Crippen molar-refractivity contribution in [1.29, 1.82) is 0 Å². The van der Waals surface area contributed by atoms with Crippen molar-refractivity contribution in [2.75, 3.05) is 13.7 Å². The number of hydrogen-bond acceptors (Lipinski definition) is 7. The maximum Gasteiger partial charge on any atom is 0.269 e. The number of rotatable bonds is 10. The van der Waals surface area contributed by atoms with Gasteiger partial charge in [0.15, 0.2) is 11.5 Å². The summed E-state index contributed by atoms with van der Waals surface area (Å²) in [5.41, 5.74) is 7.09. The van der Waals surface area contributed by atoms with Gasteiger partial charge in [0.05, 0.1) is 25.0 Å². The minimum atomic E-state index is -0.488. The summed E-state index contributed by atoms with van der Waals surface area (Å²) >= 11 is 0. The number of hydrogen-bond donors (Lipinski definition) is 2. The minimum absolute atomic E-state index is 0.267. The van der Waals surface area contributed by atoms with Crippen LogP contribution in [0.5, 0.6) is 17.2 Å². The van der Waals surface area contributed by atoms with Gasteiger partial charge >= 0.3 is 0 Å². The Bertz CT molecular complexity index is 1120. The molecule has 0 spiro atoms. The van der Waals surface area contributed by atoms with Crippen molar-refractivity contribution >= 4 is 11.8 Å². The van der Waals surface area contributed by atoms with Crippen LogP contribution in [0.3, 0.4) is 0 Å². The Hall–Kier alpha value is -4.01. The summed E-state index contributed by atoms with van der Waals surface area (Å²) in [6.07, 6.45) is 1.93. The Balaban J connectivity index is 1.57. The van der Waals surface area contributed by atoms with Gasteiger partial charge in [-0.1, -0.05) is 24.6 Å². The smallest absolute Gasteiger partial charge is 0.269 e. The number of carbonyl (C=O) groups is 2. The lowest BCUT2D eigenvalue weighted by Crippen LogP contribution is -2.41. The number of hydrazine groups is 1. The third-order valence-electron chi connectivity index (χ3n) is 5.13. The maximum atomic E-state index is 12.5. The molecule has 0 bridgehead atoms. The number of ether oxygens (including phenoxy) is 3. The zero-order valence-electron chi connectivity index (χ0n) is 19.8. The largest absolute Gasteiger partial charge is 0.493 e. The molecular formula is C25H29N3O6. The first-order valence-corrected chi connectivity index (χ1v) is 11.0.